The number of para-hydroxylation sites is 1. The molecule has 0 aliphatic heterocycles. The van der Waals surface area contributed by atoms with Gasteiger partial charge in [0.2, 0.25) is 0 Å². The van der Waals surface area contributed by atoms with E-state index in [9.17, 15) is 13.2 Å². The fourth-order valence-electron chi connectivity index (χ4n) is 2.35. The molecule has 3 nitrogen and oxygen atoms in total. The molecule has 0 aliphatic rings. The summed E-state index contributed by atoms with van der Waals surface area (Å²) in [5, 5.41) is 7.41. The maximum Gasteiger partial charge on any atom is 0.418 e. The van der Waals surface area contributed by atoms with Crippen LogP contribution in [0.15, 0.2) is 60.9 Å². The highest BCUT2D eigenvalue weighted by Gasteiger charge is 2.33. The molecule has 0 unspecified atom stereocenters. The number of rotatable bonds is 2. The molecule has 7 heteroatoms. The molecule has 0 radical (unpaired) electrons. The van der Waals surface area contributed by atoms with Crippen LogP contribution in [0.2, 0.25) is 0 Å². The van der Waals surface area contributed by atoms with Crippen molar-refractivity contribution in [1.29, 1.82) is 0 Å². The lowest BCUT2D eigenvalue weighted by molar-refractivity contribution is -0.136. The molecule has 0 aliphatic carbocycles. The predicted molar refractivity (Wildman–Crippen MR) is 93.0 cm³/mol. The number of nitrogens with zero attached hydrogens (tertiary/aromatic N) is 1. The lowest BCUT2D eigenvalue weighted by atomic mass is 10.1. The van der Waals surface area contributed by atoms with Crippen molar-refractivity contribution >= 4 is 39.5 Å². The van der Waals surface area contributed by atoms with Crippen molar-refractivity contribution in [2.75, 3.05) is 10.6 Å². The van der Waals surface area contributed by atoms with Gasteiger partial charge in [-0.2, -0.15) is 13.2 Å². The van der Waals surface area contributed by atoms with Crippen molar-refractivity contribution in [3.05, 3.63) is 66.5 Å². The van der Waals surface area contributed by atoms with Gasteiger partial charge in [0.25, 0.3) is 0 Å². The number of hydrogen-bond donors (Lipinski definition) is 2. The monoisotopic (exact) mass is 347 g/mol. The van der Waals surface area contributed by atoms with Gasteiger partial charge in [0.05, 0.1) is 11.3 Å². The first kappa shape index (κ1) is 16.2. The van der Waals surface area contributed by atoms with E-state index in [0.29, 0.717) is 5.69 Å². The number of pyridine rings is 1. The highest BCUT2D eigenvalue weighted by molar-refractivity contribution is 7.80. The second-order valence-corrected chi connectivity index (χ2v) is 5.43. The molecular formula is C17H12F3N3S. The van der Waals surface area contributed by atoms with Gasteiger partial charge in [-0.1, -0.05) is 24.3 Å². The van der Waals surface area contributed by atoms with Gasteiger partial charge in [0.1, 0.15) is 0 Å². The number of halogens is 3. The quantitative estimate of drug-likeness (QED) is 0.635. The largest absolute Gasteiger partial charge is 0.418 e. The second-order valence-electron chi connectivity index (χ2n) is 5.02. The van der Waals surface area contributed by atoms with Gasteiger partial charge in [-0.15, -0.1) is 0 Å². The summed E-state index contributed by atoms with van der Waals surface area (Å²) in [6, 6.07) is 12.5. The van der Waals surface area contributed by atoms with Crippen LogP contribution in [0.25, 0.3) is 10.8 Å². The molecule has 2 N–H and O–H groups in total. The van der Waals surface area contributed by atoms with Crippen LogP contribution in [0.3, 0.4) is 0 Å². The maximum atomic E-state index is 13.0. The fraction of sp³-hybridized carbons (Fsp3) is 0.0588. The average Bonchev–Trinajstić information content (AvgIpc) is 2.54. The zero-order valence-corrected chi connectivity index (χ0v) is 13.1. The van der Waals surface area contributed by atoms with Crippen molar-refractivity contribution in [3.8, 4) is 0 Å². The van der Waals surface area contributed by atoms with E-state index < -0.39 is 11.7 Å². The van der Waals surface area contributed by atoms with E-state index in [2.05, 4.69) is 15.6 Å². The number of alkyl halides is 3. The van der Waals surface area contributed by atoms with Crippen LogP contribution in [0.1, 0.15) is 5.56 Å². The van der Waals surface area contributed by atoms with Gasteiger partial charge in [0.15, 0.2) is 5.11 Å². The molecule has 3 rings (SSSR count). The van der Waals surface area contributed by atoms with E-state index in [1.165, 1.54) is 18.2 Å². The highest BCUT2D eigenvalue weighted by Crippen LogP contribution is 2.34. The number of fused-ring (bicyclic) bond motifs is 1. The number of nitrogens with one attached hydrogen (secondary N) is 2. The summed E-state index contributed by atoms with van der Waals surface area (Å²) >= 11 is 5.16. The van der Waals surface area contributed by atoms with Crippen LogP contribution < -0.4 is 10.6 Å². The summed E-state index contributed by atoms with van der Waals surface area (Å²) in [6.45, 7) is 0. The Balaban J connectivity index is 1.84. The first-order valence-corrected chi connectivity index (χ1v) is 7.43. The normalized spacial score (nSPS) is 11.3. The molecule has 24 heavy (non-hydrogen) atoms. The molecular weight excluding hydrogens is 335 g/mol. The van der Waals surface area contributed by atoms with Crippen molar-refractivity contribution in [1.82, 2.24) is 4.98 Å². The van der Waals surface area contributed by atoms with Crippen LogP contribution >= 0.6 is 12.2 Å². The zero-order chi connectivity index (χ0) is 17.2. The Morgan fingerprint density at radius 2 is 1.62 bits per heavy atom. The highest BCUT2D eigenvalue weighted by atomic mass is 32.1. The number of benzene rings is 2. The SMILES string of the molecule is FC(F)(F)c1ccccc1NC(=S)Nc1cccc2cnccc12. The topological polar surface area (TPSA) is 37.0 Å². The smallest absolute Gasteiger partial charge is 0.332 e. The van der Waals surface area contributed by atoms with Crippen molar-refractivity contribution in [3.63, 3.8) is 0 Å². The summed E-state index contributed by atoms with van der Waals surface area (Å²) in [7, 11) is 0. The van der Waals surface area contributed by atoms with E-state index >= 15 is 0 Å². The first-order chi connectivity index (χ1) is 11.4. The zero-order valence-electron chi connectivity index (χ0n) is 12.3. The second kappa shape index (κ2) is 6.45. The Hall–Kier alpha value is -2.67. The third-order valence-corrected chi connectivity index (χ3v) is 3.61. The minimum atomic E-state index is -4.45. The van der Waals surface area contributed by atoms with Crippen LogP contribution in [0.4, 0.5) is 24.5 Å². The molecule has 0 atom stereocenters. The third kappa shape index (κ3) is 3.46. The van der Waals surface area contributed by atoms with Gasteiger partial charge in [0, 0.05) is 28.9 Å². The number of thiocarbonyl (C=S) groups is 1. The molecule has 0 fully saturated rings. The van der Waals surface area contributed by atoms with Crippen molar-refractivity contribution in [2.45, 2.75) is 6.18 Å². The van der Waals surface area contributed by atoms with Gasteiger partial charge in [-0.3, -0.25) is 4.98 Å². The molecule has 0 bridgehead atoms. The van der Waals surface area contributed by atoms with Crippen LogP contribution in [0, 0.1) is 0 Å². The van der Waals surface area contributed by atoms with Crippen molar-refractivity contribution < 1.29 is 13.2 Å². The molecule has 3 aromatic rings. The Morgan fingerprint density at radius 1 is 0.917 bits per heavy atom. The maximum absolute atomic E-state index is 13.0. The van der Waals surface area contributed by atoms with Crippen LogP contribution in [-0.4, -0.2) is 10.1 Å². The minimum Gasteiger partial charge on any atom is -0.332 e. The van der Waals surface area contributed by atoms with E-state index in [1.807, 2.05) is 18.2 Å². The number of hydrogen-bond acceptors (Lipinski definition) is 2. The van der Waals surface area contributed by atoms with Gasteiger partial charge in [-0.25, -0.2) is 0 Å². The molecule has 0 spiro atoms. The van der Waals surface area contributed by atoms with E-state index in [4.69, 9.17) is 12.2 Å². The Labute approximate surface area is 141 Å². The minimum absolute atomic E-state index is 0.0796. The van der Waals surface area contributed by atoms with Crippen LogP contribution in [-0.2, 0) is 6.18 Å². The van der Waals surface area contributed by atoms with Gasteiger partial charge >= 0.3 is 6.18 Å². The van der Waals surface area contributed by atoms with Gasteiger partial charge < -0.3 is 10.6 Å². The first-order valence-electron chi connectivity index (χ1n) is 7.02. The fourth-order valence-corrected chi connectivity index (χ4v) is 2.57. The number of aromatic nitrogens is 1. The summed E-state index contributed by atoms with van der Waals surface area (Å²) in [5.74, 6) is 0. The van der Waals surface area contributed by atoms with Crippen LogP contribution in [0.5, 0.6) is 0 Å². The Kier molecular flexibility index (Phi) is 4.35. The molecule has 1 aromatic heterocycles. The summed E-state index contributed by atoms with van der Waals surface area (Å²) in [6.07, 6.45) is -1.11. The summed E-state index contributed by atoms with van der Waals surface area (Å²) < 4.78 is 39.1. The van der Waals surface area contributed by atoms with E-state index in [1.54, 1.807) is 18.5 Å². The molecule has 0 saturated heterocycles. The summed E-state index contributed by atoms with van der Waals surface area (Å²) in [4.78, 5) is 4.04. The predicted octanol–water partition coefficient (Wildman–Crippen LogP) is 5.06. The average molecular weight is 347 g/mol. The number of anilines is 2. The molecule has 1 heterocycles. The Morgan fingerprint density at radius 3 is 2.42 bits per heavy atom. The molecule has 0 saturated carbocycles. The molecule has 0 amide bonds. The van der Waals surface area contributed by atoms with E-state index in [0.717, 1.165) is 16.8 Å². The lowest BCUT2D eigenvalue weighted by Gasteiger charge is -2.16. The standard InChI is InChI=1S/C17H12F3N3S/c18-17(19,20)13-5-1-2-6-15(13)23-16(24)22-14-7-3-4-11-10-21-9-8-12(11)14/h1-10H,(H2,22,23,24). The third-order valence-electron chi connectivity index (χ3n) is 3.41. The lowest BCUT2D eigenvalue weighted by Crippen LogP contribution is -2.21. The van der Waals surface area contributed by atoms with Crippen molar-refractivity contribution in [2.24, 2.45) is 0 Å². The Bertz CT molecular complexity index is 888. The van der Waals surface area contributed by atoms with Gasteiger partial charge in [-0.05, 0) is 36.5 Å². The molecule has 122 valence electrons. The summed E-state index contributed by atoms with van der Waals surface area (Å²) in [5.41, 5.74) is -0.169. The molecule has 2 aromatic carbocycles. The van der Waals surface area contributed by atoms with E-state index in [-0.39, 0.29) is 10.8 Å².